The normalized spacial score (nSPS) is 12.0. The molecule has 0 aliphatic carbocycles. The van der Waals surface area contributed by atoms with Gasteiger partial charge in [0.25, 0.3) is 5.91 Å². The van der Waals surface area contributed by atoms with E-state index in [0.29, 0.717) is 17.1 Å². The number of hydrogen-bond donors (Lipinski definition) is 3. The summed E-state index contributed by atoms with van der Waals surface area (Å²) in [5.41, 5.74) is 0.400. The molecule has 0 fully saturated rings. The van der Waals surface area contributed by atoms with E-state index in [1.54, 1.807) is 18.2 Å². The second kappa shape index (κ2) is 5.28. The number of carbonyl (C=O) groups is 2. The van der Waals surface area contributed by atoms with E-state index in [2.05, 4.69) is 5.32 Å². The number of hydrogen-bond acceptors (Lipinski definition) is 5. The smallest absolute Gasteiger partial charge is 0.339 e. The van der Waals surface area contributed by atoms with E-state index in [-0.39, 0.29) is 18.0 Å². The number of aromatic hydroxyl groups is 1. The zero-order valence-electron chi connectivity index (χ0n) is 11.2. The van der Waals surface area contributed by atoms with Crippen LogP contribution >= 0.6 is 0 Å². The van der Waals surface area contributed by atoms with Crippen molar-refractivity contribution >= 4 is 17.6 Å². The minimum absolute atomic E-state index is 0.116. The first kappa shape index (κ1) is 13.7. The summed E-state index contributed by atoms with van der Waals surface area (Å²) in [6.07, 6.45) is 0. The van der Waals surface area contributed by atoms with Gasteiger partial charge in [0, 0.05) is 17.3 Å². The van der Waals surface area contributed by atoms with Crippen molar-refractivity contribution in [2.75, 3.05) is 12.1 Å². The van der Waals surface area contributed by atoms with Crippen LogP contribution in [0.4, 0.5) is 5.69 Å². The second-order valence-electron chi connectivity index (χ2n) is 4.56. The minimum Gasteiger partial charge on any atom is -0.507 e. The molecule has 7 nitrogen and oxygen atoms in total. The Balaban J connectivity index is 1.79. The average molecular weight is 301 g/mol. The number of fused-ring (bicyclic) bond motifs is 1. The first-order valence-electron chi connectivity index (χ1n) is 6.32. The molecule has 1 heterocycles. The van der Waals surface area contributed by atoms with E-state index >= 15 is 0 Å². The number of rotatable bonds is 3. The van der Waals surface area contributed by atoms with Crippen molar-refractivity contribution in [3.8, 4) is 17.2 Å². The molecule has 0 aromatic heterocycles. The number of amides is 1. The highest BCUT2D eigenvalue weighted by molar-refractivity contribution is 6.05. The molecule has 2 aromatic carbocycles. The lowest BCUT2D eigenvalue weighted by molar-refractivity contribution is 0.0693. The number of ether oxygens (including phenoxy) is 2. The molecule has 1 aliphatic rings. The van der Waals surface area contributed by atoms with Gasteiger partial charge >= 0.3 is 5.97 Å². The van der Waals surface area contributed by atoms with Crippen LogP contribution in [0.1, 0.15) is 20.7 Å². The van der Waals surface area contributed by atoms with Gasteiger partial charge in [-0.05, 0) is 30.3 Å². The number of nitrogens with one attached hydrogen (secondary N) is 1. The Bertz CT molecular complexity index is 771. The van der Waals surface area contributed by atoms with Crippen LogP contribution in [0.15, 0.2) is 36.4 Å². The zero-order valence-corrected chi connectivity index (χ0v) is 11.2. The maximum Gasteiger partial charge on any atom is 0.339 e. The number of phenols is 1. The summed E-state index contributed by atoms with van der Waals surface area (Å²) in [5, 5.41) is 21.0. The van der Waals surface area contributed by atoms with Crippen molar-refractivity contribution in [3.63, 3.8) is 0 Å². The van der Waals surface area contributed by atoms with Crippen molar-refractivity contribution < 1.29 is 29.3 Å². The molecule has 22 heavy (non-hydrogen) atoms. The number of aromatic carboxylic acids is 1. The summed E-state index contributed by atoms with van der Waals surface area (Å²) >= 11 is 0. The third-order valence-corrected chi connectivity index (χ3v) is 3.12. The van der Waals surface area contributed by atoms with Gasteiger partial charge in [-0.2, -0.15) is 0 Å². The Morgan fingerprint density at radius 3 is 2.55 bits per heavy atom. The van der Waals surface area contributed by atoms with E-state index < -0.39 is 17.6 Å². The molecule has 3 rings (SSSR count). The molecule has 7 heteroatoms. The molecule has 1 amide bonds. The highest BCUT2D eigenvalue weighted by Gasteiger charge is 2.17. The Morgan fingerprint density at radius 2 is 1.82 bits per heavy atom. The fourth-order valence-corrected chi connectivity index (χ4v) is 2.03. The number of carboxylic acid groups (broad SMARTS) is 1. The molecular weight excluding hydrogens is 290 g/mol. The molecule has 0 atom stereocenters. The van der Waals surface area contributed by atoms with Crippen molar-refractivity contribution in [1.29, 1.82) is 0 Å². The number of carbonyl (C=O) groups excluding carboxylic acids is 1. The van der Waals surface area contributed by atoms with E-state index in [1.807, 2.05) is 0 Å². The fourth-order valence-electron chi connectivity index (χ4n) is 2.03. The summed E-state index contributed by atoms with van der Waals surface area (Å²) in [6.45, 7) is 0.116. The number of benzene rings is 2. The molecule has 3 N–H and O–H groups in total. The SMILES string of the molecule is O=C(Nc1ccc(C(=O)O)c(O)c1)c1ccc2c(c1)OCO2. The molecule has 0 saturated carbocycles. The largest absolute Gasteiger partial charge is 0.507 e. The summed E-state index contributed by atoms with van der Waals surface area (Å²) in [4.78, 5) is 23.0. The summed E-state index contributed by atoms with van der Waals surface area (Å²) < 4.78 is 10.4. The third kappa shape index (κ3) is 2.51. The Labute approximate surface area is 124 Å². The lowest BCUT2D eigenvalue weighted by Gasteiger charge is -2.07. The Kier molecular flexibility index (Phi) is 3.30. The van der Waals surface area contributed by atoms with E-state index in [1.165, 1.54) is 18.2 Å². The van der Waals surface area contributed by atoms with E-state index in [0.717, 1.165) is 0 Å². The molecule has 2 aromatic rings. The molecule has 0 radical (unpaired) electrons. The lowest BCUT2D eigenvalue weighted by Crippen LogP contribution is -2.12. The van der Waals surface area contributed by atoms with Crippen molar-refractivity contribution in [1.82, 2.24) is 0 Å². The van der Waals surface area contributed by atoms with Crippen LogP contribution in [0, 0.1) is 0 Å². The molecular formula is C15H11NO6. The van der Waals surface area contributed by atoms with E-state index in [4.69, 9.17) is 14.6 Å². The Hall–Kier alpha value is -3.22. The van der Waals surface area contributed by atoms with Gasteiger partial charge in [0.1, 0.15) is 11.3 Å². The maximum atomic E-state index is 12.1. The first-order chi connectivity index (χ1) is 10.5. The van der Waals surface area contributed by atoms with Crippen LogP contribution in [0.25, 0.3) is 0 Å². The average Bonchev–Trinajstić information content (AvgIpc) is 2.94. The van der Waals surface area contributed by atoms with Gasteiger partial charge in [0.15, 0.2) is 11.5 Å². The molecule has 0 saturated heterocycles. The molecule has 112 valence electrons. The van der Waals surface area contributed by atoms with Gasteiger partial charge in [-0.15, -0.1) is 0 Å². The standard InChI is InChI=1S/C15H11NO6/c17-11-6-9(2-3-10(11)15(19)20)16-14(18)8-1-4-12-13(5-8)22-7-21-12/h1-6,17H,7H2,(H,16,18)(H,19,20). The first-order valence-corrected chi connectivity index (χ1v) is 6.32. The topological polar surface area (TPSA) is 105 Å². The third-order valence-electron chi connectivity index (χ3n) is 3.12. The molecule has 0 spiro atoms. The van der Waals surface area contributed by atoms with Crippen LogP contribution in [0.3, 0.4) is 0 Å². The zero-order chi connectivity index (χ0) is 15.7. The minimum atomic E-state index is -1.24. The monoisotopic (exact) mass is 301 g/mol. The maximum absolute atomic E-state index is 12.1. The predicted molar refractivity (Wildman–Crippen MR) is 75.6 cm³/mol. The van der Waals surface area contributed by atoms with Gasteiger partial charge in [0.2, 0.25) is 6.79 Å². The fraction of sp³-hybridized carbons (Fsp3) is 0.0667. The number of carboxylic acids is 1. The van der Waals surface area contributed by atoms with Gasteiger partial charge in [0.05, 0.1) is 0 Å². The molecule has 0 bridgehead atoms. The van der Waals surface area contributed by atoms with Crippen LogP contribution in [0.2, 0.25) is 0 Å². The van der Waals surface area contributed by atoms with Gasteiger partial charge in [-0.1, -0.05) is 0 Å². The lowest BCUT2D eigenvalue weighted by atomic mass is 10.1. The Morgan fingerprint density at radius 1 is 1.05 bits per heavy atom. The van der Waals surface area contributed by atoms with Crippen molar-refractivity contribution in [2.24, 2.45) is 0 Å². The molecule has 0 unspecified atom stereocenters. The highest BCUT2D eigenvalue weighted by Crippen LogP contribution is 2.32. The second-order valence-corrected chi connectivity index (χ2v) is 4.56. The highest BCUT2D eigenvalue weighted by atomic mass is 16.7. The van der Waals surface area contributed by atoms with Crippen LogP contribution in [-0.2, 0) is 0 Å². The summed E-state index contributed by atoms with van der Waals surface area (Å²) in [7, 11) is 0. The summed E-state index contributed by atoms with van der Waals surface area (Å²) in [6, 6.07) is 8.54. The number of anilines is 1. The predicted octanol–water partition coefficient (Wildman–Crippen LogP) is 2.07. The van der Waals surface area contributed by atoms with E-state index in [9.17, 15) is 14.7 Å². The van der Waals surface area contributed by atoms with Gasteiger partial charge in [-0.3, -0.25) is 4.79 Å². The quantitative estimate of drug-likeness (QED) is 0.801. The van der Waals surface area contributed by atoms with Crippen LogP contribution in [0.5, 0.6) is 17.2 Å². The van der Waals surface area contributed by atoms with Gasteiger partial charge < -0.3 is 25.0 Å². The van der Waals surface area contributed by atoms with Crippen molar-refractivity contribution in [3.05, 3.63) is 47.5 Å². The van der Waals surface area contributed by atoms with Crippen molar-refractivity contribution in [2.45, 2.75) is 0 Å². The van der Waals surface area contributed by atoms with Crippen LogP contribution < -0.4 is 14.8 Å². The van der Waals surface area contributed by atoms with Crippen LogP contribution in [-0.4, -0.2) is 28.9 Å². The molecule has 1 aliphatic heterocycles. The summed E-state index contributed by atoms with van der Waals surface area (Å²) in [5.74, 6) is -1.03. The van der Waals surface area contributed by atoms with Gasteiger partial charge in [-0.25, -0.2) is 4.79 Å².